The van der Waals surface area contributed by atoms with Crippen molar-refractivity contribution in [2.75, 3.05) is 23.9 Å². The molecule has 2 heterocycles. The molecule has 1 atom stereocenters. The van der Waals surface area contributed by atoms with Crippen LogP contribution in [0.1, 0.15) is 17.5 Å². The summed E-state index contributed by atoms with van der Waals surface area (Å²) in [5.41, 5.74) is 1.70. The van der Waals surface area contributed by atoms with Gasteiger partial charge < -0.3 is 9.64 Å². The molecular weight excluding hydrogens is 442 g/mol. The van der Waals surface area contributed by atoms with Crippen molar-refractivity contribution in [2.45, 2.75) is 19.0 Å². The van der Waals surface area contributed by atoms with Crippen molar-refractivity contribution in [3.63, 3.8) is 0 Å². The molecule has 2 aromatic carbocycles. The minimum Gasteiger partial charge on any atom is -0.486 e. The maximum absolute atomic E-state index is 13.7. The third kappa shape index (κ3) is 4.68. The maximum Gasteiger partial charge on any atom is 0.290 e. The molecule has 0 unspecified atom stereocenters. The molecule has 1 amide bonds. The van der Waals surface area contributed by atoms with Gasteiger partial charge in [0.05, 0.1) is 23.0 Å². The second-order valence-electron chi connectivity index (χ2n) is 7.30. The van der Waals surface area contributed by atoms with Gasteiger partial charge in [-0.2, -0.15) is 0 Å². The van der Waals surface area contributed by atoms with Crippen LogP contribution in [0.2, 0.25) is 5.02 Å². The number of ether oxygens (including phenoxy) is 1. The van der Waals surface area contributed by atoms with Crippen molar-refractivity contribution in [1.29, 1.82) is 0 Å². The van der Waals surface area contributed by atoms with Gasteiger partial charge in [-0.25, -0.2) is 8.42 Å². The lowest BCUT2D eigenvalue weighted by Crippen LogP contribution is -2.42. The quantitative estimate of drug-likeness (QED) is 0.670. The Morgan fingerprint density at radius 2 is 1.87 bits per heavy atom. The van der Waals surface area contributed by atoms with Gasteiger partial charge in [0.15, 0.2) is 15.6 Å². The van der Waals surface area contributed by atoms with Gasteiger partial charge in [0.25, 0.3) is 5.91 Å². The van der Waals surface area contributed by atoms with E-state index in [0.29, 0.717) is 18.1 Å². The van der Waals surface area contributed by atoms with Gasteiger partial charge in [-0.1, -0.05) is 60.1 Å². The van der Waals surface area contributed by atoms with E-state index in [-0.39, 0.29) is 29.7 Å². The summed E-state index contributed by atoms with van der Waals surface area (Å²) in [5, 5.41) is 0.548. The van der Waals surface area contributed by atoms with Gasteiger partial charge in [-0.05, 0) is 23.6 Å². The summed E-state index contributed by atoms with van der Waals surface area (Å²) in [6, 6.07) is 16.6. The number of rotatable bonds is 5. The maximum atomic E-state index is 13.7. The molecule has 4 rings (SSSR count). The lowest BCUT2D eigenvalue weighted by molar-refractivity contribution is -0.133. The first-order valence-corrected chi connectivity index (χ1v) is 12.9. The zero-order chi connectivity index (χ0) is 21.1. The summed E-state index contributed by atoms with van der Waals surface area (Å²) in [4.78, 5) is 16.1. The first-order valence-electron chi connectivity index (χ1n) is 9.75. The van der Waals surface area contributed by atoms with Crippen LogP contribution >= 0.6 is 23.4 Å². The Kier molecular flexibility index (Phi) is 6.41. The number of hydrogen-bond acceptors (Lipinski definition) is 5. The van der Waals surface area contributed by atoms with Crippen LogP contribution in [0.25, 0.3) is 4.91 Å². The molecule has 2 aliphatic rings. The molecule has 1 saturated heterocycles. The van der Waals surface area contributed by atoms with Gasteiger partial charge in [0.2, 0.25) is 0 Å². The fourth-order valence-electron chi connectivity index (χ4n) is 3.71. The van der Waals surface area contributed by atoms with Crippen molar-refractivity contribution in [1.82, 2.24) is 4.90 Å². The molecule has 0 aromatic heterocycles. The van der Waals surface area contributed by atoms with Crippen molar-refractivity contribution in [3.8, 4) is 0 Å². The average Bonchev–Trinajstić information content (AvgIpc) is 3.12. The largest absolute Gasteiger partial charge is 0.486 e. The number of sulfone groups is 1. The Labute approximate surface area is 186 Å². The van der Waals surface area contributed by atoms with Crippen LogP contribution in [-0.2, 0) is 25.9 Å². The number of nitrogens with zero attached hydrogens (tertiary/aromatic N) is 1. The monoisotopic (exact) mass is 463 g/mol. The number of halogens is 1. The van der Waals surface area contributed by atoms with Crippen molar-refractivity contribution in [3.05, 3.63) is 76.5 Å². The van der Waals surface area contributed by atoms with Crippen LogP contribution in [0.5, 0.6) is 0 Å². The van der Waals surface area contributed by atoms with E-state index in [1.54, 1.807) is 22.7 Å². The predicted octanol–water partition coefficient (Wildman–Crippen LogP) is 3.99. The van der Waals surface area contributed by atoms with Crippen LogP contribution in [0.3, 0.4) is 0 Å². The second kappa shape index (κ2) is 9.04. The number of amides is 1. The molecule has 158 valence electrons. The number of benzene rings is 2. The van der Waals surface area contributed by atoms with E-state index in [2.05, 4.69) is 0 Å². The lowest BCUT2D eigenvalue weighted by Gasteiger charge is -2.31. The van der Waals surface area contributed by atoms with Crippen LogP contribution in [0.15, 0.2) is 60.4 Å². The van der Waals surface area contributed by atoms with E-state index < -0.39 is 15.9 Å². The van der Waals surface area contributed by atoms with Crippen LogP contribution < -0.4 is 0 Å². The molecule has 30 heavy (non-hydrogen) atoms. The number of hydrogen-bond donors (Lipinski definition) is 0. The van der Waals surface area contributed by atoms with E-state index in [1.807, 2.05) is 48.5 Å². The highest BCUT2D eigenvalue weighted by molar-refractivity contribution is 8.08. The zero-order valence-corrected chi connectivity index (χ0v) is 18.7. The number of thioether (sulfide) groups is 1. The van der Waals surface area contributed by atoms with Crippen LogP contribution in [-0.4, -0.2) is 49.1 Å². The van der Waals surface area contributed by atoms with Gasteiger partial charge in [-0.15, -0.1) is 11.8 Å². The molecule has 0 aliphatic carbocycles. The Morgan fingerprint density at radius 1 is 1.13 bits per heavy atom. The second-order valence-corrected chi connectivity index (χ2v) is 11.0. The van der Waals surface area contributed by atoms with Gasteiger partial charge in [0, 0.05) is 23.4 Å². The topological polar surface area (TPSA) is 63.7 Å². The van der Waals surface area contributed by atoms with Gasteiger partial charge >= 0.3 is 0 Å². The van der Waals surface area contributed by atoms with Crippen LogP contribution in [0.4, 0.5) is 0 Å². The van der Waals surface area contributed by atoms with E-state index in [9.17, 15) is 13.2 Å². The molecule has 8 heteroatoms. The molecule has 0 saturated carbocycles. The SMILES string of the molecule is O=C(C1=C(c2ccccc2)SCCO1)N(Cc1ccccc1Cl)[C@@H]1CCS(=O)(=O)C1. The smallest absolute Gasteiger partial charge is 0.290 e. The van der Waals surface area contributed by atoms with E-state index in [0.717, 1.165) is 21.8 Å². The zero-order valence-electron chi connectivity index (χ0n) is 16.3. The molecule has 0 spiro atoms. The average molecular weight is 464 g/mol. The van der Waals surface area contributed by atoms with E-state index >= 15 is 0 Å². The summed E-state index contributed by atoms with van der Waals surface area (Å²) >= 11 is 7.93. The summed E-state index contributed by atoms with van der Waals surface area (Å²) in [5.74, 6) is 0.800. The molecule has 5 nitrogen and oxygen atoms in total. The summed E-state index contributed by atoms with van der Waals surface area (Å²) in [6.07, 6.45) is 0.416. The first-order chi connectivity index (χ1) is 14.4. The molecule has 2 aliphatic heterocycles. The first kappa shape index (κ1) is 21.3. The van der Waals surface area contributed by atoms with Crippen molar-refractivity contribution in [2.24, 2.45) is 0 Å². The third-order valence-corrected chi connectivity index (χ3v) is 8.42. The third-order valence-electron chi connectivity index (χ3n) is 5.22. The Balaban J connectivity index is 1.73. The molecule has 2 aromatic rings. The lowest BCUT2D eigenvalue weighted by atomic mass is 10.1. The highest BCUT2D eigenvalue weighted by Gasteiger charge is 2.38. The summed E-state index contributed by atoms with van der Waals surface area (Å²) < 4.78 is 30.1. The fourth-order valence-corrected chi connectivity index (χ4v) is 6.59. The molecule has 1 fully saturated rings. The Hall–Kier alpha value is -1.96. The minimum atomic E-state index is -3.16. The normalized spacial score (nSPS) is 20.6. The predicted molar refractivity (Wildman–Crippen MR) is 121 cm³/mol. The number of carbonyl (C=O) groups excluding carboxylic acids is 1. The van der Waals surface area contributed by atoms with Crippen molar-refractivity contribution >= 4 is 44.0 Å². The standard InChI is InChI=1S/C22H22ClNO4S2/c23-19-9-5-4-8-17(19)14-24(18-10-13-30(26,27)15-18)22(25)20-21(29-12-11-28-20)16-6-2-1-3-7-16/h1-9,18H,10-15H2/t18-/m1/s1. The highest BCUT2D eigenvalue weighted by atomic mass is 35.5. The summed E-state index contributed by atoms with van der Waals surface area (Å²) in [7, 11) is -3.16. The molecular formula is C22H22ClNO4S2. The molecule has 0 N–H and O–H groups in total. The van der Waals surface area contributed by atoms with Gasteiger partial charge in [0.1, 0.15) is 0 Å². The molecule has 0 radical (unpaired) electrons. The van der Waals surface area contributed by atoms with Crippen molar-refractivity contribution < 1.29 is 17.9 Å². The van der Waals surface area contributed by atoms with E-state index in [1.165, 1.54) is 0 Å². The molecule has 0 bridgehead atoms. The Morgan fingerprint density at radius 3 is 2.57 bits per heavy atom. The fraction of sp³-hybridized carbons (Fsp3) is 0.318. The highest BCUT2D eigenvalue weighted by Crippen LogP contribution is 2.36. The van der Waals surface area contributed by atoms with Crippen LogP contribution in [0, 0.1) is 0 Å². The number of carbonyl (C=O) groups is 1. The Bertz CT molecular complexity index is 1070. The van der Waals surface area contributed by atoms with E-state index in [4.69, 9.17) is 16.3 Å². The summed E-state index contributed by atoms with van der Waals surface area (Å²) in [6.45, 7) is 0.670. The minimum absolute atomic E-state index is 0.0374. The van der Waals surface area contributed by atoms with Gasteiger partial charge in [-0.3, -0.25) is 4.79 Å².